The molecule has 1 aliphatic heterocycles. The predicted octanol–water partition coefficient (Wildman–Crippen LogP) is 3.38. The van der Waals surface area contributed by atoms with Crippen molar-refractivity contribution >= 4 is 34.2 Å². The van der Waals surface area contributed by atoms with Crippen LogP contribution in [0.4, 0.5) is 0 Å². The van der Waals surface area contributed by atoms with E-state index in [0.717, 1.165) is 35.1 Å². The number of carbonyl (C=O) groups excluding carboxylic acids is 1. The first-order chi connectivity index (χ1) is 8.81. The average molecular weight is 362 g/mol. The maximum absolute atomic E-state index is 12.5. The summed E-state index contributed by atoms with van der Waals surface area (Å²) in [6.07, 6.45) is 0.867. The molecule has 2 N–H and O–H groups in total. The molecule has 1 aromatic rings. The molecule has 1 unspecified atom stereocenters. The van der Waals surface area contributed by atoms with Gasteiger partial charge in [-0.15, -0.1) is 12.4 Å². The van der Waals surface area contributed by atoms with E-state index < -0.39 is 0 Å². The zero-order chi connectivity index (χ0) is 14.2. The molecule has 0 aliphatic carbocycles. The second-order valence-corrected chi connectivity index (χ2v) is 6.93. The number of nitrogens with zero attached hydrogens (tertiary/aromatic N) is 1. The van der Waals surface area contributed by atoms with E-state index in [1.165, 1.54) is 0 Å². The maximum atomic E-state index is 12.5. The van der Waals surface area contributed by atoms with Gasteiger partial charge in [-0.05, 0) is 36.5 Å². The van der Waals surface area contributed by atoms with Gasteiger partial charge in [0.05, 0.1) is 0 Å². The minimum atomic E-state index is -0.0180. The van der Waals surface area contributed by atoms with E-state index >= 15 is 0 Å². The largest absolute Gasteiger partial charge is 0.338 e. The molecule has 20 heavy (non-hydrogen) atoms. The Morgan fingerprint density at radius 3 is 2.65 bits per heavy atom. The van der Waals surface area contributed by atoms with Crippen LogP contribution in [0.5, 0.6) is 0 Å². The van der Waals surface area contributed by atoms with Crippen LogP contribution in [0.15, 0.2) is 22.7 Å². The third kappa shape index (κ3) is 3.54. The van der Waals surface area contributed by atoms with Gasteiger partial charge >= 0.3 is 0 Å². The van der Waals surface area contributed by atoms with E-state index in [1.807, 2.05) is 30.0 Å². The zero-order valence-corrected chi connectivity index (χ0v) is 14.6. The third-order valence-corrected chi connectivity index (χ3v) is 4.87. The summed E-state index contributed by atoms with van der Waals surface area (Å²) < 4.78 is 0.978. The Morgan fingerprint density at radius 1 is 1.45 bits per heavy atom. The van der Waals surface area contributed by atoms with Crippen LogP contribution < -0.4 is 5.73 Å². The third-order valence-electron chi connectivity index (χ3n) is 4.02. The molecular weight excluding hydrogens is 340 g/mol. The normalized spacial score (nSPS) is 21.2. The van der Waals surface area contributed by atoms with E-state index in [-0.39, 0.29) is 29.8 Å². The highest BCUT2D eigenvalue weighted by Crippen LogP contribution is 2.29. The van der Waals surface area contributed by atoms with Gasteiger partial charge in [0, 0.05) is 29.2 Å². The van der Waals surface area contributed by atoms with Gasteiger partial charge in [0.1, 0.15) is 0 Å². The highest BCUT2D eigenvalue weighted by Gasteiger charge is 2.35. The van der Waals surface area contributed by atoms with Gasteiger partial charge in [-0.1, -0.05) is 35.8 Å². The Morgan fingerprint density at radius 2 is 2.10 bits per heavy atom. The lowest BCUT2D eigenvalue weighted by atomic mass is 9.79. The fraction of sp³-hybridized carbons (Fsp3) is 0.533. The summed E-state index contributed by atoms with van der Waals surface area (Å²) in [5.41, 5.74) is 7.97. The first-order valence-electron chi connectivity index (χ1n) is 6.62. The lowest BCUT2D eigenvalue weighted by Crippen LogP contribution is -2.54. The van der Waals surface area contributed by atoms with Crippen molar-refractivity contribution in [3.63, 3.8) is 0 Å². The number of benzene rings is 1. The Balaban J connectivity index is 0.00000200. The number of nitrogens with two attached hydrogens (primary N) is 1. The monoisotopic (exact) mass is 360 g/mol. The van der Waals surface area contributed by atoms with Crippen LogP contribution in [-0.2, 0) is 0 Å². The number of likely N-dealkylation sites (tertiary alicyclic amines) is 1. The summed E-state index contributed by atoms with van der Waals surface area (Å²) in [4.78, 5) is 14.4. The zero-order valence-electron chi connectivity index (χ0n) is 12.1. The Kier molecular flexibility index (Phi) is 5.64. The van der Waals surface area contributed by atoms with Crippen molar-refractivity contribution in [3.05, 3.63) is 33.8 Å². The summed E-state index contributed by atoms with van der Waals surface area (Å²) in [6, 6.07) is 5.93. The molecule has 0 bridgehead atoms. The van der Waals surface area contributed by atoms with Gasteiger partial charge < -0.3 is 10.6 Å². The molecule has 1 amide bonds. The van der Waals surface area contributed by atoms with Crippen LogP contribution in [0, 0.1) is 12.3 Å². The minimum absolute atomic E-state index is 0. The van der Waals surface area contributed by atoms with Crippen LogP contribution in [0.25, 0.3) is 0 Å². The van der Waals surface area contributed by atoms with E-state index in [0.29, 0.717) is 0 Å². The lowest BCUT2D eigenvalue weighted by Gasteiger charge is -2.42. The molecule has 1 fully saturated rings. The molecule has 1 atom stereocenters. The molecule has 1 aromatic carbocycles. The number of piperidine rings is 1. The highest BCUT2D eigenvalue weighted by molar-refractivity contribution is 9.10. The van der Waals surface area contributed by atoms with E-state index in [4.69, 9.17) is 5.73 Å². The summed E-state index contributed by atoms with van der Waals surface area (Å²) in [5.74, 6) is 0.0978. The topological polar surface area (TPSA) is 46.3 Å². The SMILES string of the molecule is Cc1ccc(C(=O)N2CCC(N)C(C)(C)C2)cc1Br.Cl. The molecule has 1 aliphatic rings. The molecule has 1 saturated heterocycles. The van der Waals surface area contributed by atoms with Crippen molar-refractivity contribution in [3.8, 4) is 0 Å². The lowest BCUT2D eigenvalue weighted by molar-refractivity contribution is 0.0533. The quantitative estimate of drug-likeness (QED) is 0.833. The smallest absolute Gasteiger partial charge is 0.253 e. The first-order valence-corrected chi connectivity index (χ1v) is 7.41. The second kappa shape index (κ2) is 6.46. The van der Waals surface area contributed by atoms with Gasteiger partial charge in [0.25, 0.3) is 5.91 Å². The molecule has 3 nitrogen and oxygen atoms in total. The van der Waals surface area contributed by atoms with Crippen molar-refractivity contribution in [1.82, 2.24) is 4.90 Å². The summed E-state index contributed by atoms with van der Waals surface area (Å²) in [6.45, 7) is 7.74. The van der Waals surface area contributed by atoms with Crippen LogP contribution in [-0.4, -0.2) is 29.9 Å². The van der Waals surface area contributed by atoms with Crippen molar-refractivity contribution < 1.29 is 4.79 Å². The van der Waals surface area contributed by atoms with Gasteiger partial charge in [0.2, 0.25) is 0 Å². The predicted molar refractivity (Wildman–Crippen MR) is 88.4 cm³/mol. The average Bonchev–Trinajstić information content (AvgIpc) is 2.35. The molecule has 2 rings (SSSR count). The summed E-state index contributed by atoms with van der Waals surface area (Å²) >= 11 is 3.48. The highest BCUT2D eigenvalue weighted by atomic mass is 79.9. The van der Waals surface area contributed by atoms with Crippen LogP contribution in [0.1, 0.15) is 36.2 Å². The molecule has 0 aromatic heterocycles. The van der Waals surface area contributed by atoms with Crippen molar-refractivity contribution in [2.45, 2.75) is 33.2 Å². The van der Waals surface area contributed by atoms with Crippen LogP contribution in [0.3, 0.4) is 0 Å². The number of hydrogen-bond donors (Lipinski definition) is 1. The number of hydrogen-bond acceptors (Lipinski definition) is 2. The number of amides is 1. The van der Waals surface area contributed by atoms with E-state index in [1.54, 1.807) is 0 Å². The van der Waals surface area contributed by atoms with Crippen molar-refractivity contribution in [2.24, 2.45) is 11.1 Å². The molecule has 112 valence electrons. The van der Waals surface area contributed by atoms with Crippen molar-refractivity contribution in [1.29, 1.82) is 0 Å². The fourth-order valence-electron chi connectivity index (χ4n) is 2.46. The summed E-state index contributed by atoms with van der Waals surface area (Å²) in [7, 11) is 0. The summed E-state index contributed by atoms with van der Waals surface area (Å²) in [5, 5.41) is 0. The number of rotatable bonds is 1. The Labute approximate surface area is 135 Å². The van der Waals surface area contributed by atoms with Crippen molar-refractivity contribution in [2.75, 3.05) is 13.1 Å². The number of halogens is 2. The fourth-order valence-corrected chi connectivity index (χ4v) is 2.83. The molecule has 5 heteroatoms. The van der Waals surface area contributed by atoms with Crippen LogP contribution >= 0.6 is 28.3 Å². The van der Waals surface area contributed by atoms with E-state index in [9.17, 15) is 4.79 Å². The van der Waals surface area contributed by atoms with Crippen LogP contribution in [0.2, 0.25) is 0 Å². The van der Waals surface area contributed by atoms with Gasteiger partial charge in [0.15, 0.2) is 0 Å². The standard InChI is InChI=1S/C15H21BrN2O.ClH/c1-10-4-5-11(8-12(10)16)14(19)18-7-6-13(17)15(2,3)9-18;/h4-5,8,13H,6-7,9,17H2,1-3H3;1H. The molecule has 0 spiro atoms. The Bertz CT molecular complexity index is 505. The number of carbonyl (C=O) groups is 1. The molecular formula is C15H22BrClN2O. The Hall–Kier alpha value is -0.580. The van der Waals surface area contributed by atoms with Gasteiger partial charge in [-0.25, -0.2) is 0 Å². The first kappa shape index (κ1) is 17.5. The second-order valence-electron chi connectivity index (χ2n) is 6.07. The molecule has 0 saturated carbocycles. The minimum Gasteiger partial charge on any atom is -0.338 e. The molecule has 0 radical (unpaired) electrons. The molecule has 1 heterocycles. The van der Waals surface area contributed by atoms with Gasteiger partial charge in [-0.2, -0.15) is 0 Å². The number of aryl methyl sites for hydroxylation is 1. The van der Waals surface area contributed by atoms with E-state index in [2.05, 4.69) is 29.8 Å². The maximum Gasteiger partial charge on any atom is 0.253 e. The van der Waals surface area contributed by atoms with Gasteiger partial charge in [-0.3, -0.25) is 4.79 Å².